The number of carbonyl (C=O) groups is 1. The molecule has 2 aromatic rings. The number of hydrazine groups is 1. The van der Waals surface area contributed by atoms with Crippen LogP contribution in [0.5, 0.6) is 0 Å². The summed E-state index contributed by atoms with van der Waals surface area (Å²) >= 11 is 0. The fourth-order valence-corrected chi connectivity index (χ4v) is 2.75. The Morgan fingerprint density at radius 2 is 2.03 bits per heavy atom. The van der Waals surface area contributed by atoms with Crippen LogP contribution in [0.2, 0.25) is 0 Å². The number of aromatic nitrogens is 1. The number of pyridine rings is 1. The number of fused-ring (bicyclic) bond motifs is 1. The highest BCUT2D eigenvalue weighted by molar-refractivity contribution is 5.85. The summed E-state index contributed by atoms with van der Waals surface area (Å²) in [5, 5.41) is 25.1. The average Bonchev–Trinajstić information content (AvgIpc) is 2.69. The number of hydrogen-bond donors (Lipinski definition) is 6. The molecule has 0 saturated carbocycles. The van der Waals surface area contributed by atoms with Crippen LogP contribution in [0.15, 0.2) is 35.6 Å². The lowest BCUT2D eigenvalue weighted by atomic mass is 9.94. The SMILES string of the molecule is CC(C)CC(C/C(=N/N)NN)C(=O)O.Cc1ccc2cc(NCCO)cnc2c1. The van der Waals surface area contributed by atoms with E-state index in [1.807, 2.05) is 19.9 Å². The summed E-state index contributed by atoms with van der Waals surface area (Å²) in [6.45, 7) is 6.67. The van der Waals surface area contributed by atoms with Crippen LogP contribution < -0.4 is 22.4 Å². The summed E-state index contributed by atoms with van der Waals surface area (Å²) < 4.78 is 0. The molecule has 0 amide bonds. The summed E-state index contributed by atoms with van der Waals surface area (Å²) in [7, 11) is 0. The molecule has 0 radical (unpaired) electrons. The van der Waals surface area contributed by atoms with E-state index < -0.39 is 11.9 Å². The predicted octanol–water partition coefficient (Wildman–Crippen LogP) is 1.81. The van der Waals surface area contributed by atoms with Crippen LogP contribution in [0.1, 0.15) is 32.3 Å². The number of carboxylic acid groups (broad SMARTS) is 1. The minimum atomic E-state index is -0.852. The van der Waals surface area contributed by atoms with Gasteiger partial charge in [-0.15, -0.1) is 0 Å². The topological polar surface area (TPSA) is 159 Å². The Balaban J connectivity index is 0.000000291. The van der Waals surface area contributed by atoms with Crippen molar-refractivity contribution in [3.63, 3.8) is 0 Å². The number of aliphatic hydroxyl groups excluding tert-OH is 1. The first-order valence-corrected chi connectivity index (χ1v) is 9.48. The molecule has 0 aliphatic carbocycles. The second kappa shape index (κ2) is 12.5. The first kappa shape index (κ1) is 24.1. The Morgan fingerprint density at radius 1 is 1.31 bits per heavy atom. The number of aryl methyl sites for hydroxylation is 1. The monoisotopic (exact) mass is 404 g/mol. The highest BCUT2D eigenvalue weighted by atomic mass is 16.4. The highest BCUT2D eigenvalue weighted by Crippen LogP contribution is 2.17. The number of amidine groups is 1. The van der Waals surface area contributed by atoms with E-state index in [2.05, 4.69) is 46.0 Å². The number of hydrazone groups is 1. The van der Waals surface area contributed by atoms with Crippen LogP contribution in [0, 0.1) is 18.8 Å². The van der Waals surface area contributed by atoms with E-state index in [1.54, 1.807) is 6.20 Å². The molecule has 0 spiro atoms. The van der Waals surface area contributed by atoms with Gasteiger partial charge in [-0.05, 0) is 37.0 Å². The molecule has 0 fully saturated rings. The maximum atomic E-state index is 10.8. The van der Waals surface area contributed by atoms with Gasteiger partial charge >= 0.3 is 5.97 Å². The average molecular weight is 405 g/mol. The zero-order valence-electron chi connectivity index (χ0n) is 17.2. The molecule has 0 aliphatic heterocycles. The molecule has 1 aromatic carbocycles. The van der Waals surface area contributed by atoms with Crippen molar-refractivity contribution in [3.8, 4) is 0 Å². The van der Waals surface area contributed by atoms with E-state index >= 15 is 0 Å². The number of hydrogen-bond acceptors (Lipinski definition) is 7. The highest BCUT2D eigenvalue weighted by Gasteiger charge is 2.20. The smallest absolute Gasteiger partial charge is 0.306 e. The van der Waals surface area contributed by atoms with Gasteiger partial charge in [0, 0.05) is 18.4 Å². The lowest BCUT2D eigenvalue weighted by Crippen LogP contribution is -2.34. The number of carboxylic acids is 1. The van der Waals surface area contributed by atoms with Crippen LogP contribution in [-0.4, -0.2) is 40.2 Å². The molecule has 29 heavy (non-hydrogen) atoms. The molecule has 9 heteroatoms. The van der Waals surface area contributed by atoms with Crippen molar-refractivity contribution in [2.24, 2.45) is 28.6 Å². The molecular formula is C20H32N6O3. The van der Waals surface area contributed by atoms with Crippen LogP contribution in [0.4, 0.5) is 5.69 Å². The Morgan fingerprint density at radius 3 is 2.59 bits per heavy atom. The van der Waals surface area contributed by atoms with E-state index in [-0.39, 0.29) is 13.0 Å². The number of nitrogens with zero attached hydrogens (tertiary/aromatic N) is 2. The molecule has 0 aliphatic rings. The van der Waals surface area contributed by atoms with Crippen molar-refractivity contribution in [3.05, 3.63) is 36.0 Å². The molecule has 0 bridgehead atoms. The van der Waals surface area contributed by atoms with Gasteiger partial charge < -0.3 is 26.8 Å². The van der Waals surface area contributed by atoms with Gasteiger partial charge in [0.2, 0.25) is 0 Å². The minimum absolute atomic E-state index is 0.131. The quantitative estimate of drug-likeness (QED) is 0.168. The summed E-state index contributed by atoms with van der Waals surface area (Å²) in [6.07, 6.45) is 2.61. The molecule has 9 nitrogen and oxygen atoms in total. The van der Waals surface area contributed by atoms with Crippen LogP contribution in [0.3, 0.4) is 0 Å². The zero-order chi connectivity index (χ0) is 21.8. The summed E-state index contributed by atoms with van der Waals surface area (Å²) in [5.41, 5.74) is 5.43. The lowest BCUT2D eigenvalue weighted by Gasteiger charge is -2.14. The fraction of sp³-hybridized carbons (Fsp3) is 0.450. The van der Waals surface area contributed by atoms with Crippen molar-refractivity contribution in [2.45, 2.75) is 33.6 Å². The Kier molecular flexibility index (Phi) is 10.4. The molecule has 1 aromatic heterocycles. The standard InChI is InChI=1S/C12H14N2O.C8H18N4O2/c1-9-2-3-10-7-11(13-4-5-15)8-14-12(10)6-9;1-5(2)3-6(8(13)14)4-7(11-9)12-10/h2-3,6-8,13,15H,4-5H2,1H3;5-6H,3-4,9-10H2,1-2H3,(H,11,12)(H,13,14). The van der Waals surface area contributed by atoms with Crippen molar-refractivity contribution < 1.29 is 15.0 Å². The second-order valence-electron chi connectivity index (χ2n) is 7.16. The second-order valence-corrected chi connectivity index (χ2v) is 7.16. The molecule has 1 atom stereocenters. The Hall–Kier alpha value is -2.91. The fourth-order valence-electron chi connectivity index (χ4n) is 2.75. The Labute approximate surface area is 171 Å². The molecule has 160 valence electrons. The maximum absolute atomic E-state index is 10.8. The molecule has 8 N–H and O–H groups in total. The predicted molar refractivity (Wildman–Crippen MR) is 116 cm³/mol. The largest absolute Gasteiger partial charge is 0.481 e. The zero-order valence-corrected chi connectivity index (χ0v) is 17.2. The number of rotatable bonds is 8. The van der Waals surface area contributed by atoms with E-state index in [9.17, 15) is 4.79 Å². The number of aliphatic hydroxyl groups is 1. The number of anilines is 1. The van der Waals surface area contributed by atoms with Crippen molar-refractivity contribution in [1.82, 2.24) is 10.4 Å². The van der Waals surface area contributed by atoms with Gasteiger partial charge in [-0.2, -0.15) is 5.10 Å². The van der Waals surface area contributed by atoms with Crippen LogP contribution in [0.25, 0.3) is 10.9 Å². The lowest BCUT2D eigenvalue weighted by molar-refractivity contribution is -0.142. The van der Waals surface area contributed by atoms with E-state index in [0.717, 1.165) is 16.6 Å². The first-order valence-electron chi connectivity index (χ1n) is 9.48. The van der Waals surface area contributed by atoms with Gasteiger partial charge in [-0.3, -0.25) is 9.78 Å². The molecule has 2 rings (SSSR count). The molecule has 0 saturated heterocycles. The minimum Gasteiger partial charge on any atom is -0.481 e. The van der Waals surface area contributed by atoms with Gasteiger partial charge in [0.1, 0.15) is 5.84 Å². The van der Waals surface area contributed by atoms with Gasteiger partial charge in [-0.25, -0.2) is 5.84 Å². The third kappa shape index (κ3) is 8.75. The third-order valence-corrected chi connectivity index (χ3v) is 4.15. The first-order chi connectivity index (χ1) is 13.8. The number of nitrogens with two attached hydrogens (primary N) is 2. The van der Waals surface area contributed by atoms with Crippen molar-refractivity contribution in [1.29, 1.82) is 0 Å². The van der Waals surface area contributed by atoms with E-state index in [1.165, 1.54) is 5.56 Å². The van der Waals surface area contributed by atoms with Crippen LogP contribution in [-0.2, 0) is 4.79 Å². The molecule has 1 heterocycles. The number of nitrogens with one attached hydrogen (secondary N) is 2. The molecule has 1 unspecified atom stereocenters. The number of aliphatic carboxylic acids is 1. The maximum Gasteiger partial charge on any atom is 0.306 e. The summed E-state index contributed by atoms with van der Waals surface area (Å²) in [6, 6.07) is 8.23. The van der Waals surface area contributed by atoms with Gasteiger partial charge in [-0.1, -0.05) is 26.0 Å². The van der Waals surface area contributed by atoms with Crippen LogP contribution >= 0.6 is 0 Å². The van der Waals surface area contributed by atoms with Gasteiger partial charge in [0.05, 0.1) is 29.9 Å². The number of benzene rings is 1. The molecular weight excluding hydrogens is 372 g/mol. The summed E-state index contributed by atoms with van der Waals surface area (Å²) in [4.78, 5) is 15.2. The van der Waals surface area contributed by atoms with Crippen molar-refractivity contribution in [2.75, 3.05) is 18.5 Å². The van der Waals surface area contributed by atoms with E-state index in [0.29, 0.717) is 24.7 Å². The Bertz CT molecular complexity index is 810. The van der Waals surface area contributed by atoms with Gasteiger partial charge in [0.25, 0.3) is 0 Å². The summed E-state index contributed by atoms with van der Waals surface area (Å²) in [5.74, 6) is 9.40. The normalized spacial score (nSPS) is 12.3. The van der Waals surface area contributed by atoms with Crippen molar-refractivity contribution >= 4 is 28.4 Å². The van der Waals surface area contributed by atoms with Gasteiger partial charge in [0.15, 0.2) is 0 Å². The van der Waals surface area contributed by atoms with E-state index in [4.69, 9.17) is 21.9 Å². The third-order valence-electron chi connectivity index (χ3n) is 4.15.